The number of carbonyl (C=O) groups excluding carboxylic acids is 1. The zero-order valence-electron chi connectivity index (χ0n) is 17.9. The monoisotopic (exact) mass is 486 g/mol. The lowest BCUT2D eigenvalue weighted by molar-refractivity contribution is 0.0310. The van der Waals surface area contributed by atoms with Gasteiger partial charge in [0.1, 0.15) is 5.60 Å². The van der Waals surface area contributed by atoms with Crippen molar-refractivity contribution in [3.05, 3.63) is 0 Å². The van der Waals surface area contributed by atoms with Crippen LogP contribution in [0.2, 0.25) is 0 Å². The summed E-state index contributed by atoms with van der Waals surface area (Å²) in [5.74, 6) is 0.947. The van der Waals surface area contributed by atoms with Gasteiger partial charge in [-0.1, -0.05) is 13.8 Å². The summed E-state index contributed by atoms with van der Waals surface area (Å²) in [4.78, 5) is 16.6. The molecule has 0 rings (SSSR count). The normalized spacial score (nSPS) is 13.7. The zero-order chi connectivity index (χ0) is 19.7. The first-order valence-corrected chi connectivity index (χ1v) is 8.97. The number of hydrogen-bond acceptors (Lipinski definition) is 4. The van der Waals surface area contributed by atoms with E-state index in [1.54, 1.807) is 7.11 Å². The first-order valence-electron chi connectivity index (χ1n) is 8.97. The highest BCUT2D eigenvalue weighted by atomic mass is 127. The van der Waals surface area contributed by atoms with Crippen LogP contribution in [0.4, 0.5) is 4.79 Å². The molecule has 0 saturated carbocycles. The zero-order valence-corrected chi connectivity index (χ0v) is 20.2. The number of amides is 1. The second kappa shape index (κ2) is 12.6. The summed E-state index contributed by atoms with van der Waals surface area (Å²) in [5, 5.41) is 9.41. The van der Waals surface area contributed by atoms with E-state index in [2.05, 4.69) is 34.8 Å². The summed E-state index contributed by atoms with van der Waals surface area (Å²) in [6.45, 7) is 17.5. The molecule has 0 saturated heterocycles. The van der Waals surface area contributed by atoms with E-state index in [-0.39, 0.29) is 41.5 Å². The maximum atomic E-state index is 12.0. The molecule has 0 bridgehead atoms. The number of rotatable bonds is 8. The van der Waals surface area contributed by atoms with Crippen molar-refractivity contribution in [3.63, 3.8) is 0 Å². The average Bonchev–Trinajstić information content (AvgIpc) is 2.46. The third-order valence-electron chi connectivity index (χ3n) is 3.51. The van der Waals surface area contributed by atoms with E-state index in [1.165, 1.54) is 0 Å². The highest BCUT2D eigenvalue weighted by Gasteiger charge is 2.22. The molecule has 0 fully saturated rings. The van der Waals surface area contributed by atoms with Crippen LogP contribution in [-0.4, -0.2) is 56.0 Å². The number of nitrogens with zero attached hydrogens (tertiary/aromatic N) is 1. The van der Waals surface area contributed by atoms with Crippen LogP contribution in [0.5, 0.6) is 0 Å². The molecule has 3 N–H and O–H groups in total. The van der Waals surface area contributed by atoms with Crippen LogP contribution < -0.4 is 16.0 Å². The lowest BCUT2D eigenvalue weighted by Gasteiger charge is -2.27. The van der Waals surface area contributed by atoms with Crippen molar-refractivity contribution in [2.45, 2.75) is 72.6 Å². The van der Waals surface area contributed by atoms with Gasteiger partial charge in [0.2, 0.25) is 0 Å². The van der Waals surface area contributed by atoms with Gasteiger partial charge >= 0.3 is 6.09 Å². The Balaban J connectivity index is 0. The third-order valence-corrected chi connectivity index (χ3v) is 3.51. The molecule has 0 aliphatic carbocycles. The molecule has 0 aliphatic heterocycles. The quantitative estimate of drug-likeness (QED) is 0.279. The van der Waals surface area contributed by atoms with Crippen LogP contribution in [0.25, 0.3) is 0 Å². The van der Waals surface area contributed by atoms with Crippen LogP contribution in [0.3, 0.4) is 0 Å². The molecule has 8 heteroatoms. The summed E-state index contributed by atoms with van der Waals surface area (Å²) >= 11 is 0. The first kappa shape index (κ1) is 27.4. The lowest BCUT2D eigenvalue weighted by atomic mass is 10.0. The van der Waals surface area contributed by atoms with Gasteiger partial charge in [0.25, 0.3) is 0 Å². The number of methoxy groups -OCH3 is 1. The van der Waals surface area contributed by atoms with Gasteiger partial charge in [-0.25, -0.2) is 4.79 Å². The summed E-state index contributed by atoms with van der Waals surface area (Å²) in [7, 11) is 1.68. The molecule has 0 aromatic rings. The van der Waals surface area contributed by atoms with Crippen LogP contribution >= 0.6 is 24.0 Å². The van der Waals surface area contributed by atoms with Gasteiger partial charge in [0.15, 0.2) is 5.96 Å². The van der Waals surface area contributed by atoms with E-state index in [1.807, 2.05) is 41.5 Å². The number of halogens is 1. The Bertz CT molecular complexity index is 435. The Morgan fingerprint density at radius 3 is 2.12 bits per heavy atom. The van der Waals surface area contributed by atoms with Crippen molar-refractivity contribution in [1.29, 1.82) is 0 Å². The van der Waals surface area contributed by atoms with Gasteiger partial charge < -0.3 is 25.4 Å². The smallest absolute Gasteiger partial charge is 0.407 e. The summed E-state index contributed by atoms with van der Waals surface area (Å²) < 4.78 is 10.7. The Hall–Kier alpha value is -0.770. The van der Waals surface area contributed by atoms with E-state index in [4.69, 9.17) is 9.47 Å². The fraction of sp³-hybridized carbons (Fsp3) is 0.889. The van der Waals surface area contributed by atoms with Gasteiger partial charge in [-0.3, -0.25) is 4.99 Å². The molecule has 0 radical (unpaired) electrons. The molecular formula is C18H39IN4O3. The number of alkyl carbamates (subject to hydrolysis) is 1. The van der Waals surface area contributed by atoms with Crippen LogP contribution in [0.15, 0.2) is 4.99 Å². The van der Waals surface area contributed by atoms with Crippen LogP contribution in [0, 0.1) is 5.92 Å². The molecule has 0 aromatic heterocycles. The summed E-state index contributed by atoms with van der Waals surface area (Å²) in [6, 6.07) is -0.0749. The van der Waals surface area contributed by atoms with E-state index >= 15 is 0 Å². The Kier molecular flexibility index (Phi) is 13.3. The number of ether oxygens (including phenoxy) is 2. The topological polar surface area (TPSA) is 84.0 Å². The molecule has 1 atom stereocenters. The molecule has 7 nitrogen and oxygen atoms in total. The largest absolute Gasteiger partial charge is 0.444 e. The van der Waals surface area contributed by atoms with Gasteiger partial charge in [0.05, 0.1) is 18.2 Å². The van der Waals surface area contributed by atoms with Gasteiger partial charge in [0, 0.05) is 20.2 Å². The maximum absolute atomic E-state index is 12.0. The van der Waals surface area contributed by atoms with Crippen molar-refractivity contribution in [2.75, 3.05) is 26.7 Å². The van der Waals surface area contributed by atoms with E-state index < -0.39 is 11.7 Å². The number of hydrogen-bond donors (Lipinski definition) is 3. The SMILES string of the molecule is CCNC(=NCC(C)(C)OC)NCC(NC(=O)OC(C)(C)C)C(C)C.I. The number of aliphatic imine (C=N–C) groups is 1. The van der Waals surface area contributed by atoms with Crippen molar-refractivity contribution in [3.8, 4) is 0 Å². The van der Waals surface area contributed by atoms with E-state index in [0.29, 0.717) is 19.0 Å². The van der Waals surface area contributed by atoms with Gasteiger partial charge in [-0.2, -0.15) is 0 Å². The molecule has 26 heavy (non-hydrogen) atoms. The number of carbonyl (C=O) groups is 1. The number of guanidine groups is 1. The minimum atomic E-state index is -0.513. The van der Waals surface area contributed by atoms with Gasteiger partial charge in [-0.15, -0.1) is 24.0 Å². The van der Waals surface area contributed by atoms with Crippen LogP contribution in [0.1, 0.15) is 55.4 Å². The Morgan fingerprint density at radius 2 is 1.69 bits per heavy atom. The fourth-order valence-electron chi connectivity index (χ4n) is 1.79. The Morgan fingerprint density at radius 1 is 1.12 bits per heavy atom. The molecule has 0 aliphatic rings. The molecular weight excluding hydrogens is 447 g/mol. The molecule has 0 heterocycles. The second-order valence-electron chi connectivity index (χ2n) is 8.04. The van der Waals surface area contributed by atoms with Crippen molar-refractivity contribution in [2.24, 2.45) is 10.9 Å². The minimum Gasteiger partial charge on any atom is -0.444 e. The fourth-order valence-corrected chi connectivity index (χ4v) is 1.79. The highest BCUT2D eigenvalue weighted by Crippen LogP contribution is 2.09. The lowest BCUT2D eigenvalue weighted by Crippen LogP contribution is -2.50. The summed E-state index contributed by atoms with van der Waals surface area (Å²) in [5.41, 5.74) is -0.838. The van der Waals surface area contributed by atoms with E-state index in [9.17, 15) is 4.79 Å². The second-order valence-corrected chi connectivity index (χ2v) is 8.04. The van der Waals surface area contributed by atoms with Crippen molar-refractivity contribution < 1.29 is 14.3 Å². The molecule has 0 aromatic carbocycles. The molecule has 1 amide bonds. The minimum absolute atomic E-state index is 0. The molecule has 0 spiro atoms. The van der Waals surface area contributed by atoms with Gasteiger partial charge in [-0.05, 0) is 47.5 Å². The van der Waals surface area contributed by atoms with E-state index in [0.717, 1.165) is 6.54 Å². The predicted molar refractivity (Wildman–Crippen MR) is 118 cm³/mol. The highest BCUT2D eigenvalue weighted by molar-refractivity contribution is 14.0. The first-order chi connectivity index (χ1) is 11.4. The standard InChI is InChI=1S/C18H38N4O3.HI/c1-10-19-15(21-12-18(7,8)24-9)20-11-14(13(2)3)22-16(23)25-17(4,5)6;/h13-14H,10-12H2,1-9H3,(H,22,23)(H2,19,20,21);1H. The third kappa shape index (κ3) is 13.4. The van der Waals surface area contributed by atoms with Crippen molar-refractivity contribution >= 4 is 36.0 Å². The molecule has 1 unspecified atom stereocenters. The van der Waals surface area contributed by atoms with Crippen LogP contribution in [-0.2, 0) is 9.47 Å². The summed E-state index contributed by atoms with van der Waals surface area (Å²) in [6.07, 6.45) is -0.407. The Labute approximate surface area is 176 Å². The average molecular weight is 486 g/mol. The predicted octanol–water partition coefficient (Wildman–Crippen LogP) is 3.13. The number of nitrogens with one attached hydrogen (secondary N) is 3. The molecule has 156 valence electrons. The van der Waals surface area contributed by atoms with Crippen molar-refractivity contribution in [1.82, 2.24) is 16.0 Å². The maximum Gasteiger partial charge on any atom is 0.407 e.